The minimum atomic E-state index is -1.14. The van der Waals surface area contributed by atoms with E-state index in [-0.39, 0.29) is 49.1 Å². The molecule has 0 heterocycles. The molecule has 0 saturated carbocycles. The molecule has 0 fully saturated rings. The number of quaternary nitrogens is 1. The number of rotatable bonds is 36. The van der Waals surface area contributed by atoms with E-state index < -0.39 is 18.1 Å². The van der Waals surface area contributed by atoms with Crippen LogP contribution in [0.15, 0.2) is 122 Å². The van der Waals surface area contributed by atoms with Crippen molar-refractivity contribution in [3.8, 4) is 0 Å². The number of nitrogens with zero attached hydrogens (tertiary/aromatic N) is 1. The summed E-state index contributed by atoms with van der Waals surface area (Å²) in [4.78, 5) is 36.8. The highest BCUT2D eigenvalue weighted by Gasteiger charge is 2.25. The molecule has 324 valence electrons. The van der Waals surface area contributed by atoms with Gasteiger partial charge < -0.3 is 28.6 Å². The minimum Gasteiger partial charge on any atom is -0.544 e. The lowest BCUT2D eigenvalue weighted by Gasteiger charge is -2.34. The Hall–Kier alpha value is -4.27. The first-order valence-electron chi connectivity index (χ1n) is 21.6. The van der Waals surface area contributed by atoms with E-state index in [4.69, 9.17) is 14.2 Å². The van der Waals surface area contributed by atoms with Crippen LogP contribution in [0.2, 0.25) is 0 Å². The number of allylic oxidation sites excluding steroid dienone is 20. The van der Waals surface area contributed by atoms with Crippen molar-refractivity contribution < 1.29 is 38.2 Å². The van der Waals surface area contributed by atoms with Gasteiger partial charge in [-0.3, -0.25) is 9.59 Å². The van der Waals surface area contributed by atoms with Crippen LogP contribution in [-0.2, 0) is 28.6 Å². The normalized spacial score (nSPS) is 14.2. The average molecular weight is 804 g/mol. The molecule has 0 rings (SSSR count). The van der Waals surface area contributed by atoms with Crippen molar-refractivity contribution in [1.82, 2.24) is 0 Å². The number of esters is 2. The molecule has 0 aliphatic heterocycles. The Morgan fingerprint density at radius 3 is 1.52 bits per heavy atom. The van der Waals surface area contributed by atoms with Gasteiger partial charge in [0.15, 0.2) is 6.10 Å². The number of likely N-dealkylation sites (N-methyl/N-ethyl adjacent to an activating group) is 1. The lowest BCUT2D eigenvalue weighted by Crippen LogP contribution is -2.55. The molecule has 0 saturated heterocycles. The number of carbonyl (C=O) groups excluding carboxylic acids is 3. The molecule has 0 radical (unpaired) electrons. The predicted octanol–water partition coefficient (Wildman–Crippen LogP) is 10.5. The molecule has 0 aromatic heterocycles. The van der Waals surface area contributed by atoms with E-state index in [1.807, 2.05) is 48.6 Å². The fourth-order valence-electron chi connectivity index (χ4n) is 5.41. The number of aliphatic carboxylic acids is 1. The fourth-order valence-corrected chi connectivity index (χ4v) is 5.41. The molecular formula is C50H77NO7. The zero-order valence-electron chi connectivity index (χ0n) is 36.6. The zero-order valence-corrected chi connectivity index (χ0v) is 36.6. The Bertz CT molecular complexity index is 1350. The summed E-state index contributed by atoms with van der Waals surface area (Å²) in [6, 6.07) is -0.747. The summed E-state index contributed by atoms with van der Waals surface area (Å²) in [6.07, 6.45) is 55.1. The summed E-state index contributed by atoms with van der Waals surface area (Å²) in [5, 5.41) is 11.6. The Labute approximate surface area is 352 Å². The number of unbranched alkanes of at least 4 members (excludes halogenated alkanes) is 6. The van der Waals surface area contributed by atoms with Crippen LogP contribution < -0.4 is 5.11 Å². The number of carboxylic acids is 1. The van der Waals surface area contributed by atoms with Gasteiger partial charge in [-0.2, -0.15) is 0 Å². The van der Waals surface area contributed by atoms with Gasteiger partial charge in [-0.25, -0.2) is 0 Å². The maximum atomic E-state index is 12.7. The maximum absolute atomic E-state index is 12.7. The smallest absolute Gasteiger partial charge is 0.306 e. The first-order valence-corrected chi connectivity index (χ1v) is 21.6. The second-order valence-corrected chi connectivity index (χ2v) is 14.9. The van der Waals surface area contributed by atoms with Crippen LogP contribution in [-0.4, -0.2) is 75.5 Å². The molecule has 0 aliphatic carbocycles. The van der Waals surface area contributed by atoms with Crippen LogP contribution in [0.5, 0.6) is 0 Å². The first-order chi connectivity index (χ1) is 28.1. The maximum Gasteiger partial charge on any atom is 0.306 e. The van der Waals surface area contributed by atoms with Gasteiger partial charge in [-0.05, 0) is 77.0 Å². The van der Waals surface area contributed by atoms with Crippen molar-refractivity contribution in [1.29, 1.82) is 0 Å². The second kappa shape index (κ2) is 39.6. The van der Waals surface area contributed by atoms with Crippen LogP contribution >= 0.6 is 0 Å². The van der Waals surface area contributed by atoms with Crippen molar-refractivity contribution in [3.63, 3.8) is 0 Å². The van der Waals surface area contributed by atoms with Gasteiger partial charge >= 0.3 is 11.9 Å². The molecule has 0 amide bonds. The van der Waals surface area contributed by atoms with E-state index in [1.165, 1.54) is 0 Å². The summed E-state index contributed by atoms with van der Waals surface area (Å²) in [7, 11) is 5.36. The van der Waals surface area contributed by atoms with Crippen molar-refractivity contribution >= 4 is 17.9 Å². The third-order valence-corrected chi connectivity index (χ3v) is 8.72. The molecule has 0 aliphatic rings. The van der Waals surface area contributed by atoms with Crippen molar-refractivity contribution in [3.05, 3.63) is 122 Å². The van der Waals surface area contributed by atoms with Crippen molar-refractivity contribution in [2.75, 3.05) is 41.0 Å². The van der Waals surface area contributed by atoms with Crippen LogP contribution in [0.25, 0.3) is 0 Å². The Morgan fingerprint density at radius 1 is 0.534 bits per heavy atom. The fraction of sp³-hybridized carbons (Fsp3) is 0.540. The van der Waals surface area contributed by atoms with E-state index >= 15 is 0 Å². The minimum absolute atomic E-state index is 0.00285. The van der Waals surface area contributed by atoms with Crippen LogP contribution in [0.1, 0.15) is 123 Å². The molecular weight excluding hydrogens is 727 g/mol. The molecule has 2 unspecified atom stereocenters. The van der Waals surface area contributed by atoms with Gasteiger partial charge in [0, 0.05) is 19.3 Å². The predicted molar refractivity (Wildman–Crippen MR) is 240 cm³/mol. The summed E-state index contributed by atoms with van der Waals surface area (Å²) in [6.45, 7) is 4.28. The number of hydrogen-bond acceptors (Lipinski definition) is 7. The number of ether oxygens (including phenoxy) is 3. The highest BCUT2D eigenvalue weighted by Crippen LogP contribution is 2.11. The molecule has 8 nitrogen and oxygen atoms in total. The third-order valence-electron chi connectivity index (χ3n) is 8.72. The quantitative estimate of drug-likeness (QED) is 0.0204. The van der Waals surface area contributed by atoms with Gasteiger partial charge in [0.2, 0.25) is 0 Å². The average Bonchev–Trinajstić information content (AvgIpc) is 3.18. The largest absolute Gasteiger partial charge is 0.544 e. The van der Waals surface area contributed by atoms with Crippen LogP contribution in [0.3, 0.4) is 0 Å². The van der Waals surface area contributed by atoms with Gasteiger partial charge in [-0.15, -0.1) is 0 Å². The molecule has 0 bridgehead atoms. The monoisotopic (exact) mass is 804 g/mol. The lowest BCUT2D eigenvalue weighted by atomic mass is 10.1. The van der Waals surface area contributed by atoms with Gasteiger partial charge in [-0.1, -0.05) is 148 Å². The SMILES string of the molecule is CC/C=C/C=C/C=C/C=C/C=C/CCCCCC(=O)OC(COCCC(C(=O)[O-])[N+](C)(C)C)COC(=O)CCCCC/C=C/C/C=C/C/C=C/C/C=C/C/C=C/CC. The third kappa shape index (κ3) is 37.3. The number of hydrogen-bond donors (Lipinski definition) is 0. The Morgan fingerprint density at radius 2 is 1.00 bits per heavy atom. The van der Waals surface area contributed by atoms with Crippen molar-refractivity contribution in [2.45, 2.75) is 135 Å². The Balaban J connectivity index is 4.52. The molecule has 58 heavy (non-hydrogen) atoms. The number of carbonyl (C=O) groups is 3. The molecule has 0 aromatic carbocycles. The topological polar surface area (TPSA) is 102 Å². The molecule has 8 heteroatoms. The summed E-state index contributed by atoms with van der Waals surface area (Å²) >= 11 is 0. The van der Waals surface area contributed by atoms with Crippen LogP contribution in [0.4, 0.5) is 0 Å². The van der Waals surface area contributed by atoms with E-state index in [1.54, 1.807) is 21.1 Å². The summed E-state index contributed by atoms with van der Waals surface area (Å²) in [5.41, 5.74) is 0. The van der Waals surface area contributed by atoms with E-state index in [2.05, 4.69) is 86.8 Å². The highest BCUT2D eigenvalue weighted by atomic mass is 16.6. The van der Waals surface area contributed by atoms with E-state index in [0.717, 1.165) is 83.5 Å². The van der Waals surface area contributed by atoms with Gasteiger partial charge in [0.05, 0.1) is 40.3 Å². The number of carboxylic acid groups (broad SMARTS) is 1. The van der Waals surface area contributed by atoms with Gasteiger partial charge in [0.25, 0.3) is 0 Å². The second-order valence-electron chi connectivity index (χ2n) is 14.9. The van der Waals surface area contributed by atoms with Crippen molar-refractivity contribution in [2.24, 2.45) is 0 Å². The standard InChI is InChI=1S/C50H77NO7/c1-6-8-10-12-14-16-18-20-22-23-24-25-27-28-30-32-34-36-38-40-48(52)57-45-46(44-56-43-42-47(50(54)55)51(3,4)5)58-49(53)41-39-37-35-33-31-29-26-21-19-17-15-13-11-9-7-2/h8-11,13-17,19-22,24-26,28-31,46-47H,6-7,12,18,23,27,32-45H2,1-5H3/b10-8+,11-9+,15-13+,16-14+,19-17+,22-20+,25-24+,26-21+,30-28+,31-29+. The highest BCUT2D eigenvalue weighted by molar-refractivity contribution is 5.70. The molecule has 0 aromatic rings. The Kier molecular flexibility index (Phi) is 36.6. The lowest BCUT2D eigenvalue weighted by molar-refractivity contribution is -0.889. The van der Waals surface area contributed by atoms with Gasteiger partial charge in [0.1, 0.15) is 12.6 Å². The molecule has 0 N–H and O–H groups in total. The van der Waals surface area contributed by atoms with Crippen LogP contribution in [0, 0.1) is 0 Å². The zero-order chi connectivity index (χ0) is 42.8. The molecule has 0 spiro atoms. The molecule has 2 atom stereocenters. The van der Waals surface area contributed by atoms with E-state index in [0.29, 0.717) is 12.8 Å². The summed E-state index contributed by atoms with van der Waals surface area (Å²) < 4.78 is 17.1. The summed E-state index contributed by atoms with van der Waals surface area (Å²) in [5.74, 6) is -1.86. The van der Waals surface area contributed by atoms with E-state index in [9.17, 15) is 19.5 Å². The first kappa shape index (κ1) is 53.7.